The Kier molecular flexibility index (Phi) is 4.70. The number of halogens is 1. The van der Waals surface area contributed by atoms with E-state index in [0.717, 1.165) is 29.8 Å². The Balaban J connectivity index is 1.47. The minimum absolute atomic E-state index is 0.0230. The van der Waals surface area contributed by atoms with Gasteiger partial charge in [0.25, 0.3) is 0 Å². The van der Waals surface area contributed by atoms with Gasteiger partial charge in [0.1, 0.15) is 17.7 Å². The van der Waals surface area contributed by atoms with Gasteiger partial charge in [-0.2, -0.15) is 5.10 Å². The lowest BCUT2D eigenvalue weighted by molar-refractivity contribution is -0.113. The van der Waals surface area contributed by atoms with Crippen LogP contribution < -0.4 is 4.74 Å². The van der Waals surface area contributed by atoms with Gasteiger partial charge in [-0.15, -0.1) is 0 Å². The molecule has 7 nitrogen and oxygen atoms in total. The van der Waals surface area contributed by atoms with Gasteiger partial charge < -0.3 is 9.64 Å². The standard InChI is InChI=1S/C19H20ClN5O2/c1-12-15(8-23-24(12)2)13-3-5-22-18(7-13)27-14-4-6-25(11-14)16-9-21-10-17(26)19(16)20/h3,5,7-9,14H,4,6,10-11H2,1-2H3/t14-/m1/s1. The monoisotopic (exact) mass is 385 g/mol. The summed E-state index contributed by atoms with van der Waals surface area (Å²) < 4.78 is 7.94. The first kappa shape index (κ1) is 17.7. The van der Waals surface area contributed by atoms with Gasteiger partial charge in [0.15, 0.2) is 5.78 Å². The van der Waals surface area contributed by atoms with Crippen LogP contribution in [-0.2, 0) is 11.8 Å². The van der Waals surface area contributed by atoms with Gasteiger partial charge >= 0.3 is 0 Å². The van der Waals surface area contributed by atoms with E-state index in [1.54, 1.807) is 12.4 Å². The Bertz CT molecular complexity index is 949. The number of ether oxygens (including phenoxy) is 1. The second-order valence-corrected chi connectivity index (χ2v) is 7.09. The number of hydrogen-bond donors (Lipinski definition) is 0. The SMILES string of the molecule is Cc1c(-c2ccnc(O[C@@H]3CCN(C4=C(Cl)C(=O)CN=C4)C3)c2)cnn1C. The molecule has 4 heterocycles. The third-order valence-electron chi connectivity index (χ3n) is 4.97. The molecule has 4 rings (SSSR count). The van der Waals surface area contributed by atoms with E-state index in [0.29, 0.717) is 18.1 Å². The van der Waals surface area contributed by atoms with Crippen LogP contribution >= 0.6 is 11.6 Å². The van der Waals surface area contributed by atoms with E-state index < -0.39 is 0 Å². The minimum atomic E-state index is -0.139. The van der Waals surface area contributed by atoms with Crippen LogP contribution in [0.4, 0.5) is 0 Å². The maximum absolute atomic E-state index is 11.8. The minimum Gasteiger partial charge on any atom is -0.472 e. The number of dihydropyridines is 1. The van der Waals surface area contributed by atoms with Gasteiger partial charge in [-0.05, 0) is 18.6 Å². The molecule has 0 aliphatic carbocycles. The molecule has 0 radical (unpaired) electrons. The Morgan fingerprint density at radius 1 is 1.37 bits per heavy atom. The number of allylic oxidation sites excluding steroid dienone is 1. The number of carbonyl (C=O) groups excluding carboxylic acids is 1. The topological polar surface area (TPSA) is 72.6 Å². The van der Waals surface area contributed by atoms with Crippen molar-refractivity contribution in [1.82, 2.24) is 19.7 Å². The lowest BCUT2D eigenvalue weighted by Crippen LogP contribution is -2.28. The zero-order valence-electron chi connectivity index (χ0n) is 15.2. The lowest BCUT2D eigenvalue weighted by Gasteiger charge is -2.22. The summed E-state index contributed by atoms with van der Waals surface area (Å²) in [5.41, 5.74) is 3.86. The Morgan fingerprint density at radius 2 is 2.22 bits per heavy atom. The van der Waals surface area contributed by atoms with E-state index in [-0.39, 0.29) is 23.5 Å². The third kappa shape index (κ3) is 3.47. The fraction of sp³-hybridized carbons (Fsp3) is 0.368. The third-order valence-corrected chi connectivity index (χ3v) is 5.38. The summed E-state index contributed by atoms with van der Waals surface area (Å²) in [7, 11) is 1.92. The Morgan fingerprint density at radius 3 is 3.00 bits per heavy atom. The number of likely N-dealkylation sites (tertiary alicyclic amines) is 1. The van der Waals surface area contributed by atoms with E-state index in [2.05, 4.69) is 15.1 Å². The number of aromatic nitrogens is 3. The first-order chi connectivity index (χ1) is 13.0. The van der Waals surface area contributed by atoms with Crippen LogP contribution in [0.2, 0.25) is 0 Å². The summed E-state index contributed by atoms with van der Waals surface area (Å²) in [6, 6.07) is 3.89. The molecule has 1 atom stereocenters. The Labute approximate surface area is 162 Å². The first-order valence-electron chi connectivity index (χ1n) is 8.82. The van der Waals surface area contributed by atoms with E-state index >= 15 is 0 Å². The van der Waals surface area contributed by atoms with E-state index in [1.807, 2.05) is 41.9 Å². The summed E-state index contributed by atoms with van der Waals surface area (Å²) in [6.07, 6.45) is 6.07. The molecular weight excluding hydrogens is 366 g/mol. The van der Waals surface area contributed by atoms with Gasteiger partial charge in [0, 0.05) is 49.7 Å². The smallest absolute Gasteiger partial charge is 0.214 e. The molecular formula is C19H20ClN5O2. The van der Waals surface area contributed by atoms with Crippen molar-refractivity contribution in [2.75, 3.05) is 19.6 Å². The summed E-state index contributed by atoms with van der Waals surface area (Å²) in [5, 5.41) is 4.55. The average molecular weight is 386 g/mol. The summed E-state index contributed by atoms with van der Waals surface area (Å²) in [4.78, 5) is 22.2. The molecule has 0 amide bonds. The number of carbonyl (C=O) groups is 1. The van der Waals surface area contributed by atoms with Crippen LogP contribution in [0.15, 0.2) is 40.2 Å². The number of rotatable bonds is 4. The summed E-state index contributed by atoms with van der Waals surface area (Å²) >= 11 is 6.16. The van der Waals surface area contributed by atoms with Crippen LogP contribution in [0.5, 0.6) is 5.88 Å². The fourth-order valence-corrected chi connectivity index (χ4v) is 3.57. The Hall–Kier alpha value is -2.67. The maximum atomic E-state index is 11.8. The van der Waals surface area contributed by atoms with Crippen molar-refractivity contribution >= 4 is 23.6 Å². The van der Waals surface area contributed by atoms with Crippen molar-refractivity contribution in [2.24, 2.45) is 12.0 Å². The second kappa shape index (κ2) is 7.15. The molecule has 0 unspecified atom stereocenters. The molecule has 1 saturated heterocycles. The highest BCUT2D eigenvalue weighted by Crippen LogP contribution is 2.27. The quantitative estimate of drug-likeness (QED) is 0.807. The van der Waals surface area contributed by atoms with Gasteiger partial charge in [-0.25, -0.2) is 4.98 Å². The number of aliphatic imine (C=N–C) groups is 1. The molecule has 0 N–H and O–H groups in total. The normalized spacial score (nSPS) is 19.9. The van der Waals surface area contributed by atoms with Gasteiger partial charge in [-0.1, -0.05) is 11.6 Å². The van der Waals surface area contributed by atoms with Crippen molar-refractivity contribution in [2.45, 2.75) is 19.4 Å². The summed E-state index contributed by atoms with van der Waals surface area (Å²) in [6.45, 7) is 3.56. The molecule has 0 bridgehead atoms. The molecule has 1 fully saturated rings. The molecule has 0 saturated carbocycles. The predicted molar refractivity (Wildman–Crippen MR) is 103 cm³/mol. The van der Waals surface area contributed by atoms with Crippen LogP contribution in [0.1, 0.15) is 12.1 Å². The number of aryl methyl sites for hydroxylation is 1. The molecule has 0 aromatic carbocycles. The molecule has 27 heavy (non-hydrogen) atoms. The van der Waals surface area contributed by atoms with Crippen LogP contribution in [0, 0.1) is 6.92 Å². The molecule has 2 aliphatic rings. The van der Waals surface area contributed by atoms with Crippen molar-refractivity contribution in [3.8, 4) is 17.0 Å². The molecule has 0 spiro atoms. The molecule has 2 aromatic rings. The number of hydrogen-bond acceptors (Lipinski definition) is 6. The number of Topliss-reactive ketones (excluding diaryl/α,β-unsaturated/α-hetero) is 1. The predicted octanol–water partition coefficient (Wildman–Crippen LogP) is 2.35. The van der Waals surface area contributed by atoms with Gasteiger partial charge in [0.2, 0.25) is 5.88 Å². The molecule has 140 valence electrons. The van der Waals surface area contributed by atoms with Crippen LogP contribution in [-0.4, -0.2) is 57.4 Å². The number of pyridine rings is 1. The zero-order chi connectivity index (χ0) is 19.0. The number of nitrogens with zero attached hydrogens (tertiary/aromatic N) is 5. The summed E-state index contributed by atoms with van der Waals surface area (Å²) in [5.74, 6) is 0.441. The van der Waals surface area contributed by atoms with Crippen molar-refractivity contribution in [3.63, 3.8) is 0 Å². The lowest BCUT2D eigenvalue weighted by atomic mass is 10.1. The van der Waals surface area contributed by atoms with Crippen LogP contribution in [0.25, 0.3) is 11.1 Å². The fourth-order valence-electron chi connectivity index (χ4n) is 3.34. The highest BCUT2D eigenvalue weighted by atomic mass is 35.5. The van der Waals surface area contributed by atoms with Crippen molar-refractivity contribution in [3.05, 3.63) is 40.9 Å². The van der Waals surface area contributed by atoms with Crippen molar-refractivity contribution < 1.29 is 9.53 Å². The van der Waals surface area contributed by atoms with Crippen LogP contribution in [0.3, 0.4) is 0 Å². The van der Waals surface area contributed by atoms with Crippen molar-refractivity contribution in [1.29, 1.82) is 0 Å². The van der Waals surface area contributed by atoms with Gasteiger partial charge in [-0.3, -0.25) is 14.5 Å². The first-order valence-corrected chi connectivity index (χ1v) is 9.20. The number of ketones is 1. The molecule has 2 aliphatic heterocycles. The average Bonchev–Trinajstić information content (AvgIpc) is 3.25. The van der Waals surface area contributed by atoms with Gasteiger partial charge in [0.05, 0.1) is 18.4 Å². The second-order valence-electron chi connectivity index (χ2n) is 6.72. The highest BCUT2D eigenvalue weighted by molar-refractivity contribution is 6.44. The molecule has 2 aromatic heterocycles. The highest BCUT2D eigenvalue weighted by Gasteiger charge is 2.29. The van der Waals surface area contributed by atoms with E-state index in [4.69, 9.17) is 16.3 Å². The van der Waals surface area contributed by atoms with E-state index in [1.165, 1.54) is 0 Å². The largest absolute Gasteiger partial charge is 0.472 e. The zero-order valence-corrected chi connectivity index (χ0v) is 16.0. The molecule has 8 heteroatoms. The maximum Gasteiger partial charge on any atom is 0.214 e. The van der Waals surface area contributed by atoms with E-state index in [9.17, 15) is 4.79 Å².